The van der Waals surface area contributed by atoms with Gasteiger partial charge in [0, 0.05) is 17.6 Å². The molecular formula is C9H14O4S. The Kier molecular flexibility index (Phi) is 5.37. The predicted octanol–water partition coefficient (Wildman–Crippen LogP) is 2.09. The summed E-state index contributed by atoms with van der Waals surface area (Å²) in [5, 5.41) is 18.1. The lowest BCUT2D eigenvalue weighted by Gasteiger charge is -2.10. The van der Waals surface area contributed by atoms with Crippen LogP contribution in [0.15, 0.2) is 17.0 Å². The molecule has 0 unspecified atom stereocenters. The van der Waals surface area contributed by atoms with E-state index < -0.39 is 0 Å². The van der Waals surface area contributed by atoms with E-state index in [0.717, 1.165) is 0 Å². The fourth-order valence-corrected chi connectivity index (χ4v) is 1.53. The van der Waals surface area contributed by atoms with Gasteiger partial charge in [-0.25, -0.2) is 0 Å². The highest BCUT2D eigenvalue weighted by Crippen LogP contribution is 2.34. The monoisotopic (exact) mass is 218 g/mol. The first-order valence-corrected chi connectivity index (χ1v) is 4.32. The molecule has 4 nitrogen and oxygen atoms in total. The molecule has 80 valence electrons. The standard InChI is InChI=1S/C8H10O4S.CH4/c1-12-8-5(4-9)2-6(10)3-7(8)13-11;/h2-3,9-11H,4H2,1H3;1H4. The molecule has 3 N–H and O–H groups in total. The molecular weight excluding hydrogens is 204 g/mol. The number of aliphatic hydroxyl groups is 1. The van der Waals surface area contributed by atoms with Gasteiger partial charge >= 0.3 is 0 Å². The van der Waals surface area contributed by atoms with Gasteiger partial charge in [0.1, 0.15) is 11.5 Å². The second kappa shape index (κ2) is 5.74. The number of phenols is 1. The molecule has 0 saturated heterocycles. The summed E-state index contributed by atoms with van der Waals surface area (Å²) in [6, 6.07) is 2.75. The van der Waals surface area contributed by atoms with Gasteiger partial charge in [-0.3, -0.25) is 0 Å². The summed E-state index contributed by atoms with van der Waals surface area (Å²) in [5.41, 5.74) is 0.444. The third-order valence-electron chi connectivity index (χ3n) is 1.59. The molecule has 5 heteroatoms. The van der Waals surface area contributed by atoms with Crippen LogP contribution in [-0.2, 0) is 6.61 Å². The van der Waals surface area contributed by atoms with E-state index in [-0.39, 0.29) is 19.8 Å². The Morgan fingerprint density at radius 3 is 2.50 bits per heavy atom. The highest BCUT2D eigenvalue weighted by Gasteiger charge is 2.10. The minimum absolute atomic E-state index is 0. The predicted molar refractivity (Wildman–Crippen MR) is 55.8 cm³/mol. The lowest BCUT2D eigenvalue weighted by Crippen LogP contribution is -1.93. The van der Waals surface area contributed by atoms with Crippen molar-refractivity contribution in [2.45, 2.75) is 18.9 Å². The van der Waals surface area contributed by atoms with Crippen LogP contribution in [0.5, 0.6) is 11.5 Å². The average Bonchev–Trinajstić information content (AvgIpc) is 2.16. The third-order valence-corrected chi connectivity index (χ3v) is 2.09. The van der Waals surface area contributed by atoms with E-state index in [9.17, 15) is 5.11 Å². The fraction of sp³-hybridized carbons (Fsp3) is 0.333. The molecule has 0 aliphatic carbocycles. The van der Waals surface area contributed by atoms with Gasteiger partial charge in [-0.05, 0) is 12.1 Å². The minimum atomic E-state index is -0.245. The summed E-state index contributed by atoms with van der Waals surface area (Å²) in [7, 11) is 1.44. The first-order chi connectivity index (χ1) is 6.22. The average molecular weight is 218 g/mol. The van der Waals surface area contributed by atoms with E-state index in [1.54, 1.807) is 0 Å². The van der Waals surface area contributed by atoms with E-state index in [4.69, 9.17) is 14.4 Å². The van der Waals surface area contributed by atoms with Crippen LogP contribution in [0.3, 0.4) is 0 Å². The molecule has 0 radical (unpaired) electrons. The number of rotatable bonds is 3. The maximum atomic E-state index is 9.18. The van der Waals surface area contributed by atoms with E-state index >= 15 is 0 Å². The summed E-state index contributed by atoms with van der Waals surface area (Å²) in [6.07, 6.45) is 0. The number of hydrogen-bond acceptors (Lipinski definition) is 5. The molecule has 0 aliphatic rings. The van der Waals surface area contributed by atoms with Crippen molar-refractivity contribution in [1.29, 1.82) is 0 Å². The minimum Gasteiger partial charge on any atom is -0.508 e. The largest absolute Gasteiger partial charge is 0.508 e. The van der Waals surface area contributed by atoms with Gasteiger partial charge in [0.15, 0.2) is 0 Å². The number of methoxy groups -OCH3 is 1. The zero-order valence-corrected chi connectivity index (χ0v) is 7.84. The lowest BCUT2D eigenvalue weighted by atomic mass is 10.2. The van der Waals surface area contributed by atoms with Gasteiger partial charge in [0.05, 0.1) is 18.6 Å². The number of hydrogen-bond donors (Lipinski definition) is 3. The van der Waals surface area contributed by atoms with Crippen LogP contribution < -0.4 is 4.74 Å². The third kappa shape index (κ3) is 2.54. The Balaban J connectivity index is 0.00000169. The molecule has 0 saturated carbocycles. The van der Waals surface area contributed by atoms with Crippen molar-refractivity contribution < 1.29 is 19.5 Å². The van der Waals surface area contributed by atoms with Gasteiger partial charge in [0.25, 0.3) is 0 Å². The Labute approximate surface area is 87.4 Å². The van der Waals surface area contributed by atoms with E-state index in [1.807, 2.05) is 0 Å². The second-order valence-electron chi connectivity index (χ2n) is 2.39. The highest BCUT2D eigenvalue weighted by atomic mass is 32.2. The summed E-state index contributed by atoms with van der Waals surface area (Å²) < 4.78 is 13.8. The Morgan fingerprint density at radius 1 is 1.43 bits per heavy atom. The van der Waals surface area contributed by atoms with E-state index in [0.29, 0.717) is 28.3 Å². The number of ether oxygens (including phenoxy) is 1. The topological polar surface area (TPSA) is 69.9 Å². The lowest BCUT2D eigenvalue weighted by molar-refractivity contribution is 0.271. The van der Waals surface area contributed by atoms with Gasteiger partial charge in [-0.2, -0.15) is 0 Å². The molecule has 0 spiro atoms. The smallest absolute Gasteiger partial charge is 0.140 e. The van der Waals surface area contributed by atoms with Crippen molar-refractivity contribution in [1.82, 2.24) is 0 Å². The van der Waals surface area contributed by atoms with Crippen LogP contribution in [0.2, 0.25) is 0 Å². The number of phenolic OH excluding ortho intramolecular Hbond substituents is 1. The summed E-state index contributed by atoms with van der Waals surface area (Å²) >= 11 is 0.468. The number of aromatic hydroxyl groups is 1. The van der Waals surface area contributed by atoms with Crippen LogP contribution in [0.1, 0.15) is 13.0 Å². The zero-order chi connectivity index (χ0) is 9.84. The van der Waals surface area contributed by atoms with Gasteiger partial charge in [-0.15, -0.1) is 0 Å². The SMILES string of the molecule is C.COc1c(CO)cc(O)cc1SO. The highest BCUT2D eigenvalue weighted by molar-refractivity contribution is 7.93. The van der Waals surface area contributed by atoms with Gasteiger partial charge in [-0.1, -0.05) is 7.43 Å². The summed E-state index contributed by atoms with van der Waals surface area (Å²) in [4.78, 5) is 0.381. The molecule has 0 aliphatic heterocycles. The van der Waals surface area contributed by atoms with Crippen molar-refractivity contribution in [2.24, 2.45) is 0 Å². The van der Waals surface area contributed by atoms with Crippen molar-refractivity contribution in [2.75, 3.05) is 7.11 Å². The molecule has 14 heavy (non-hydrogen) atoms. The first-order valence-electron chi connectivity index (χ1n) is 3.55. The van der Waals surface area contributed by atoms with Crippen LogP contribution >= 0.6 is 12.0 Å². The Bertz CT molecular complexity index is 276. The summed E-state index contributed by atoms with van der Waals surface area (Å²) in [5.74, 6) is 0.370. The van der Waals surface area contributed by atoms with Crippen molar-refractivity contribution in [3.63, 3.8) is 0 Å². The normalized spacial score (nSPS) is 9.36. The number of benzene rings is 1. The van der Waals surface area contributed by atoms with Crippen LogP contribution in [0.4, 0.5) is 0 Å². The van der Waals surface area contributed by atoms with E-state index in [2.05, 4.69) is 0 Å². The molecule has 1 rings (SSSR count). The maximum Gasteiger partial charge on any atom is 0.140 e. The molecule has 0 amide bonds. The quantitative estimate of drug-likeness (QED) is 0.678. The maximum absolute atomic E-state index is 9.18. The molecule has 0 atom stereocenters. The van der Waals surface area contributed by atoms with Crippen molar-refractivity contribution in [3.8, 4) is 11.5 Å². The Hall–Kier alpha value is -0.910. The first kappa shape index (κ1) is 13.1. The summed E-state index contributed by atoms with van der Waals surface area (Å²) in [6.45, 7) is -0.245. The van der Waals surface area contributed by atoms with Crippen molar-refractivity contribution in [3.05, 3.63) is 17.7 Å². The van der Waals surface area contributed by atoms with E-state index in [1.165, 1.54) is 19.2 Å². The molecule has 0 aromatic heterocycles. The molecule has 1 aromatic carbocycles. The van der Waals surface area contributed by atoms with Gasteiger partial charge in [0.2, 0.25) is 0 Å². The number of aliphatic hydroxyl groups excluding tert-OH is 1. The molecule has 0 fully saturated rings. The Morgan fingerprint density at radius 2 is 2.07 bits per heavy atom. The molecule has 0 heterocycles. The molecule has 1 aromatic rings. The van der Waals surface area contributed by atoms with Crippen LogP contribution in [0, 0.1) is 0 Å². The van der Waals surface area contributed by atoms with Gasteiger partial charge < -0.3 is 19.5 Å². The second-order valence-corrected chi connectivity index (χ2v) is 3.01. The van der Waals surface area contributed by atoms with Crippen LogP contribution in [-0.4, -0.2) is 21.9 Å². The zero-order valence-electron chi connectivity index (χ0n) is 7.02. The van der Waals surface area contributed by atoms with Crippen molar-refractivity contribution >= 4 is 12.0 Å². The fourth-order valence-electron chi connectivity index (χ4n) is 1.06. The molecule has 0 bridgehead atoms. The van der Waals surface area contributed by atoms with Crippen LogP contribution in [0.25, 0.3) is 0 Å².